The first kappa shape index (κ1) is 25.8. The van der Waals surface area contributed by atoms with Crippen molar-refractivity contribution in [3.8, 4) is 5.75 Å². The van der Waals surface area contributed by atoms with E-state index in [1.807, 2.05) is 50.2 Å². The predicted molar refractivity (Wildman–Crippen MR) is 144 cm³/mol. The standard InChI is InChI=1S/C29H28ClN3O5/c1-16-4-9-20(14-22(16)30)33-26(35)23-24(27(33)36)29(28(37)38,15-17-5-12-21(34)13-6-17)31-25(23)18-7-10-19(11-8-18)32(2)3/h4-14,23-25,31,34H,15H2,1-3H3,(H,37,38). The number of carbonyl (C=O) groups excluding carboxylic acids is 2. The van der Waals surface area contributed by atoms with Crippen LogP contribution in [0.4, 0.5) is 11.4 Å². The molecule has 0 radical (unpaired) electrons. The molecule has 2 aliphatic rings. The van der Waals surface area contributed by atoms with Gasteiger partial charge in [-0.1, -0.05) is 41.9 Å². The van der Waals surface area contributed by atoms with Gasteiger partial charge in [0, 0.05) is 37.3 Å². The monoisotopic (exact) mass is 533 g/mol. The van der Waals surface area contributed by atoms with Crippen molar-refractivity contribution < 1.29 is 24.6 Å². The molecular formula is C29H28ClN3O5. The Kier molecular flexibility index (Phi) is 6.41. The van der Waals surface area contributed by atoms with Crippen LogP contribution in [0, 0.1) is 18.8 Å². The second kappa shape index (κ2) is 9.45. The number of nitrogens with zero attached hydrogens (tertiary/aromatic N) is 2. The van der Waals surface area contributed by atoms with Crippen LogP contribution in [0.1, 0.15) is 22.7 Å². The number of nitrogens with one attached hydrogen (secondary N) is 1. The number of halogens is 1. The third kappa shape index (κ3) is 4.10. The largest absolute Gasteiger partial charge is 0.508 e. The van der Waals surface area contributed by atoms with Gasteiger partial charge < -0.3 is 15.1 Å². The van der Waals surface area contributed by atoms with Gasteiger partial charge in [-0.3, -0.25) is 19.7 Å². The second-order valence-electron chi connectivity index (χ2n) is 10.2. The van der Waals surface area contributed by atoms with Crippen LogP contribution in [-0.2, 0) is 20.8 Å². The first-order valence-electron chi connectivity index (χ1n) is 12.2. The molecule has 2 fully saturated rings. The predicted octanol–water partition coefficient (Wildman–Crippen LogP) is 3.94. The number of phenols is 1. The third-order valence-electron chi connectivity index (χ3n) is 7.64. The fourth-order valence-electron chi connectivity index (χ4n) is 5.62. The lowest BCUT2D eigenvalue weighted by molar-refractivity contribution is -0.148. The minimum atomic E-state index is -1.76. The third-order valence-corrected chi connectivity index (χ3v) is 8.04. The normalized spacial score (nSPS) is 24.5. The maximum absolute atomic E-state index is 14.0. The lowest BCUT2D eigenvalue weighted by atomic mass is 9.76. The average molecular weight is 534 g/mol. The molecular weight excluding hydrogens is 506 g/mol. The van der Waals surface area contributed by atoms with Gasteiger partial charge in [-0.15, -0.1) is 0 Å². The SMILES string of the molecule is Cc1ccc(N2C(=O)C3C(c4ccc(N(C)C)cc4)NC(Cc4ccc(O)cc4)(C(=O)O)C3C2=O)cc1Cl. The van der Waals surface area contributed by atoms with E-state index in [1.165, 1.54) is 12.1 Å². The summed E-state index contributed by atoms with van der Waals surface area (Å²) < 4.78 is 0. The first-order chi connectivity index (χ1) is 18.0. The second-order valence-corrected chi connectivity index (χ2v) is 10.6. The number of hydrogen-bond acceptors (Lipinski definition) is 6. The molecule has 0 bridgehead atoms. The number of amides is 2. The molecule has 4 unspecified atom stereocenters. The fraction of sp³-hybridized carbons (Fsp3) is 0.276. The number of fused-ring (bicyclic) bond motifs is 1. The van der Waals surface area contributed by atoms with Gasteiger partial charge in [0.25, 0.3) is 0 Å². The zero-order valence-corrected chi connectivity index (χ0v) is 21.9. The van der Waals surface area contributed by atoms with Crippen molar-refractivity contribution in [3.05, 3.63) is 88.4 Å². The number of aliphatic carboxylic acids is 1. The summed E-state index contributed by atoms with van der Waals surface area (Å²) in [7, 11) is 3.82. The van der Waals surface area contributed by atoms with E-state index < -0.39 is 41.2 Å². The molecule has 2 amide bonds. The van der Waals surface area contributed by atoms with Gasteiger partial charge in [-0.2, -0.15) is 0 Å². The number of imide groups is 1. The smallest absolute Gasteiger partial charge is 0.325 e. The van der Waals surface area contributed by atoms with Crippen LogP contribution in [0.15, 0.2) is 66.7 Å². The molecule has 2 aliphatic heterocycles. The number of rotatable bonds is 6. The molecule has 4 atom stereocenters. The zero-order valence-electron chi connectivity index (χ0n) is 21.2. The Morgan fingerprint density at radius 1 is 1.03 bits per heavy atom. The van der Waals surface area contributed by atoms with Crippen LogP contribution < -0.4 is 15.1 Å². The average Bonchev–Trinajstić information content (AvgIpc) is 3.36. The first-order valence-corrected chi connectivity index (χ1v) is 12.6. The molecule has 3 N–H and O–H groups in total. The molecule has 9 heteroatoms. The molecule has 3 aromatic carbocycles. The van der Waals surface area contributed by atoms with Gasteiger partial charge in [0.15, 0.2) is 0 Å². The summed E-state index contributed by atoms with van der Waals surface area (Å²) in [5.41, 5.74) is 1.61. The Hall–Kier alpha value is -3.88. The number of aryl methyl sites for hydroxylation is 1. The molecule has 2 saturated heterocycles. The van der Waals surface area contributed by atoms with Crippen molar-refractivity contribution in [2.24, 2.45) is 11.8 Å². The highest BCUT2D eigenvalue weighted by Gasteiger charge is 2.68. The van der Waals surface area contributed by atoms with Gasteiger partial charge in [-0.25, -0.2) is 4.90 Å². The van der Waals surface area contributed by atoms with Crippen molar-refractivity contribution >= 4 is 40.8 Å². The Labute approximate surface area is 225 Å². The van der Waals surface area contributed by atoms with Gasteiger partial charge in [0.05, 0.1) is 17.5 Å². The maximum Gasteiger partial charge on any atom is 0.325 e. The number of benzene rings is 3. The van der Waals surface area contributed by atoms with Crippen LogP contribution in [0.5, 0.6) is 5.75 Å². The highest BCUT2D eigenvalue weighted by atomic mass is 35.5. The summed E-state index contributed by atoms with van der Waals surface area (Å²) in [6.45, 7) is 1.82. The molecule has 0 spiro atoms. The van der Waals surface area contributed by atoms with Crippen molar-refractivity contribution in [1.82, 2.24) is 5.32 Å². The summed E-state index contributed by atoms with van der Waals surface area (Å²) in [4.78, 5) is 44.0. The van der Waals surface area contributed by atoms with Gasteiger partial charge >= 0.3 is 5.97 Å². The van der Waals surface area contributed by atoms with Crippen LogP contribution in [-0.4, -0.2) is 47.6 Å². The summed E-state index contributed by atoms with van der Waals surface area (Å²) >= 11 is 6.32. The van der Waals surface area contributed by atoms with Crippen LogP contribution >= 0.6 is 11.6 Å². The van der Waals surface area contributed by atoms with E-state index in [9.17, 15) is 24.6 Å². The minimum Gasteiger partial charge on any atom is -0.508 e. The summed E-state index contributed by atoms with van der Waals surface area (Å²) in [5.74, 6) is -4.34. The number of phenolic OH excluding ortho intramolecular Hbond substituents is 1. The Bertz CT molecular complexity index is 1420. The highest BCUT2D eigenvalue weighted by Crippen LogP contribution is 2.51. The van der Waals surface area contributed by atoms with E-state index in [1.54, 1.807) is 30.3 Å². The molecule has 0 aromatic heterocycles. The summed E-state index contributed by atoms with van der Waals surface area (Å²) in [5, 5.41) is 24.0. The number of hydrogen-bond donors (Lipinski definition) is 3. The van der Waals surface area contributed by atoms with E-state index in [-0.39, 0.29) is 12.2 Å². The molecule has 8 nitrogen and oxygen atoms in total. The topological polar surface area (TPSA) is 110 Å². The number of anilines is 2. The minimum absolute atomic E-state index is 0.0452. The van der Waals surface area contributed by atoms with Crippen molar-refractivity contribution in [2.45, 2.75) is 24.9 Å². The fourth-order valence-corrected chi connectivity index (χ4v) is 5.79. The molecule has 0 saturated carbocycles. The molecule has 5 rings (SSSR count). The van der Waals surface area contributed by atoms with Gasteiger partial charge in [-0.05, 0) is 60.0 Å². The van der Waals surface area contributed by atoms with Crippen molar-refractivity contribution in [3.63, 3.8) is 0 Å². The maximum atomic E-state index is 14.0. The van der Waals surface area contributed by atoms with Crippen LogP contribution in [0.3, 0.4) is 0 Å². The molecule has 2 heterocycles. The van der Waals surface area contributed by atoms with Gasteiger partial charge in [0.1, 0.15) is 11.3 Å². The summed E-state index contributed by atoms with van der Waals surface area (Å²) in [6.07, 6.45) is -0.0580. The number of carboxylic acids is 1. The van der Waals surface area contributed by atoms with E-state index in [2.05, 4.69) is 5.32 Å². The summed E-state index contributed by atoms with van der Waals surface area (Å²) in [6, 6.07) is 17.9. The quantitative estimate of drug-likeness (QED) is 0.412. The Morgan fingerprint density at radius 3 is 2.26 bits per heavy atom. The van der Waals surface area contributed by atoms with E-state index in [4.69, 9.17) is 11.6 Å². The zero-order chi connectivity index (χ0) is 27.4. The number of carboxylic acid groups (broad SMARTS) is 1. The molecule has 0 aliphatic carbocycles. The van der Waals surface area contributed by atoms with E-state index >= 15 is 0 Å². The lowest BCUT2D eigenvalue weighted by Crippen LogP contribution is -2.57. The molecule has 196 valence electrons. The molecule has 3 aromatic rings. The molecule has 38 heavy (non-hydrogen) atoms. The van der Waals surface area contributed by atoms with Crippen LogP contribution in [0.25, 0.3) is 0 Å². The lowest BCUT2D eigenvalue weighted by Gasteiger charge is -2.31. The number of aromatic hydroxyl groups is 1. The van der Waals surface area contributed by atoms with Crippen LogP contribution in [0.2, 0.25) is 5.02 Å². The van der Waals surface area contributed by atoms with Crippen molar-refractivity contribution in [2.75, 3.05) is 23.9 Å². The highest BCUT2D eigenvalue weighted by molar-refractivity contribution is 6.32. The van der Waals surface area contributed by atoms with E-state index in [0.29, 0.717) is 21.8 Å². The Morgan fingerprint density at radius 2 is 1.68 bits per heavy atom. The Balaban J connectivity index is 1.64. The number of carbonyl (C=O) groups is 3. The van der Waals surface area contributed by atoms with E-state index in [0.717, 1.165) is 16.2 Å². The van der Waals surface area contributed by atoms with Crippen molar-refractivity contribution in [1.29, 1.82) is 0 Å². The van der Waals surface area contributed by atoms with Gasteiger partial charge in [0.2, 0.25) is 11.8 Å².